The molecule has 2 rings (SSSR count). The van der Waals surface area contributed by atoms with Crippen molar-refractivity contribution in [2.75, 3.05) is 0 Å². The van der Waals surface area contributed by atoms with Gasteiger partial charge in [0, 0.05) is 5.57 Å². The van der Waals surface area contributed by atoms with Crippen molar-refractivity contribution < 1.29 is 13.2 Å². The van der Waals surface area contributed by atoms with E-state index in [2.05, 4.69) is 10.5 Å². The molecule has 0 saturated heterocycles. The first-order valence-electron chi connectivity index (χ1n) is 5.03. The summed E-state index contributed by atoms with van der Waals surface area (Å²) in [5.74, 6) is 0. The highest BCUT2D eigenvalue weighted by molar-refractivity contribution is 6.27. The maximum Gasteiger partial charge on any atom is 0.435 e. The number of alkyl halides is 3. The first kappa shape index (κ1) is 11.7. The molecule has 0 saturated carbocycles. The smallest absolute Gasteiger partial charge is 0.164 e. The SMILES string of the molecule is Cc1ccc(C)c(C2=C[N]N=C2C(F)(F)F)c1. The lowest BCUT2D eigenvalue weighted by molar-refractivity contribution is -0.0572. The molecule has 1 heterocycles. The molecule has 0 N–H and O–H groups in total. The Morgan fingerprint density at radius 1 is 1.12 bits per heavy atom. The molecule has 0 aromatic heterocycles. The van der Waals surface area contributed by atoms with Crippen molar-refractivity contribution in [2.24, 2.45) is 5.10 Å². The third-order valence-corrected chi connectivity index (χ3v) is 2.55. The molecule has 17 heavy (non-hydrogen) atoms. The summed E-state index contributed by atoms with van der Waals surface area (Å²) in [6.07, 6.45) is -3.31. The van der Waals surface area contributed by atoms with Crippen LogP contribution in [0.4, 0.5) is 13.2 Å². The molecule has 1 aromatic carbocycles. The minimum atomic E-state index is -4.47. The molecule has 1 radical (unpaired) electrons. The predicted octanol–water partition coefficient (Wildman–Crippen LogP) is 3.18. The van der Waals surface area contributed by atoms with Crippen molar-refractivity contribution in [3.8, 4) is 0 Å². The van der Waals surface area contributed by atoms with Gasteiger partial charge in [0.1, 0.15) is 0 Å². The zero-order chi connectivity index (χ0) is 12.6. The first-order valence-corrected chi connectivity index (χ1v) is 5.03. The quantitative estimate of drug-likeness (QED) is 0.719. The van der Waals surface area contributed by atoms with Crippen LogP contribution in [0.25, 0.3) is 5.57 Å². The van der Waals surface area contributed by atoms with Crippen LogP contribution < -0.4 is 5.43 Å². The van der Waals surface area contributed by atoms with Crippen LogP contribution in [0.5, 0.6) is 0 Å². The number of benzene rings is 1. The summed E-state index contributed by atoms with van der Waals surface area (Å²) in [5, 5.41) is 3.16. The average molecular weight is 239 g/mol. The Kier molecular flexibility index (Phi) is 2.69. The van der Waals surface area contributed by atoms with Crippen molar-refractivity contribution >= 4 is 11.3 Å². The third kappa shape index (κ3) is 2.18. The Labute approximate surface area is 96.8 Å². The first-order chi connectivity index (χ1) is 7.89. The molecule has 1 aromatic rings. The number of halogens is 3. The summed E-state index contributed by atoms with van der Waals surface area (Å²) in [6, 6.07) is 5.36. The fraction of sp³-hybridized carbons (Fsp3) is 0.250. The van der Waals surface area contributed by atoms with Crippen LogP contribution in [0.2, 0.25) is 0 Å². The van der Waals surface area contributed by atoms with Gasteiger partial charge in [-0.15, -0.1) is 5.10 Å². The fourth-order valence-electron chi connectivity index (χ4n) is 1.69. The number of hydrogen-bond donors (Lipinski definition) is 0. The minimum Gasteiger partial charge on any atom is -0.164 e. The van der Waals surface area contributed by atoms with E-state index in [1.165, 1.54) is 0 Å². The van der Waals surface area contributed by atoms with Crippen LogP contribution in [0.15, 0.2) is 29.5 Å². The average Bonchev–Trinajstić information content (AvgIpc) is 2.69. The van der Waals surface area contributed by atoms with Crippen molar-refractivity contribution in [2.45, 2.75) is 20.0 Å². The molecule has 1 aliphatic rings. The summed E-state index contributed by atoms with van der Waals surface area (Å²) in [7, 11) is 0. The highest BCUT2D eigenvalue weighted by Crippen LogP contribution is 2.32. The second-order valence-corrected chi connectivity index (χ2v) is 3.92. The summed E-state index contributed by atoms with van der Waals surface area (Å²) in [4.78, 5) is 0. The third-order valence-electron chi connectivity index (χ3n) is 2.55. The van der Waals surface area contributed by atoms with Crippen molar-refractivity contribution in [1.29, 1.82) is 0 Å². The monoisotopic (exact) mass is 239 g/mol. The highest BCUT2D eigenvalue weighted by Gasteiger charge is 2.41. The zero-order valence-corrected chi connectivity index (χ0v) is 9.34. The number of hydrogen-bond acceptors (Lipinski definition) is 1. The molecule has 5 heteroatoms. The number of allylic oxidation sites excluding steroid dienone is 1. The van der Waals surface area contributed by atoms with Gasteiger partial charge in [-0.2, -0.15) is 18.6 Å². The standard InChI is InChI=1S/C12H10F3N2/c1-7-3-4-8(2)9(5-7)10-6-16-17-11(10)12(13,14)15/h3-6H,1-2H3. The molecular weight excluding hydrogens is 229 g/mol. The number of rotatable bonds is 1. The summed E-state index contributed by atoms with van der Waals surface area (Å²) >= 11 is 0. The lowest BCUT2D eigenvalue weighted by Crippen LogP contribution is -2.23. The second kappa shape index (κ2) is 3.91. The van der Waals surface area contributed by atoms with Gasteiger partial charge in [-0.25, -0.2) is 0 Å². The van der Waals surface area contributed by atoms with Gasteiger partial charge in [-0.05, 0) is 25.0 Å². The van der Waals surface area contributed by atoms with Gasteiger partial charge in [0.15, 0.2) is 5.71 Å². The Hall–Kier alpha value is -1.78. The molecule has 2 nitrogen and oxygen atoms in total. The minimum absolute atomic E-state index is 0.0405. The Balaban J connectivity index is 2.48. The fourth-order valence-corrected chi connectivity index (χ4v) is 1.69. The van der Waals surface area contributed by atoms with E-state index < -0.39 is 11.9 Å². The Morgan fingerprint density at radius 3 is 2.47 bits per heavy atom. The van der Waals surface area contributed by atoms with Crippen LogP contribution in [-0.4, -0.2) is 11.9 Å². The van der Waals surface area contributed by atoms with E-state index in [1.807, 2.05) is 13.0 Å². The molecule has 0 atom stereocenters. The normalized spacial score (nSPS) is 15.4. The molecule has 0 amide bonds. The Bertz CT molecular complexity index is 513. The topological polar surface area (TPSA) is 26.5 Å². The van der Waals surface area contributed by atoms with Crippen LogP contribution in [0.3, 0.4) is 0 Å². The maximum atomic E-state index is 12.7. The molecule has 1 aliphatic heterocycles. The molecule has 89 valence electrons. The van der Waals surface area contributed by atoms with E-state index in [0.29, 0.717) is 5.56 Å². The molecule has 0 spiro atoms. The lowest BCUT2D eigenvalue weighted by atomic mass is 9.96. The maximum absolute atomic E-state index is 12.7. The molecule has 0 unspecified atom stereocenters. The van der Waals surface area contributed by atoms with Gasteiger partial charge < -0.3 is 0 Å². The van der Waals surface area contributed by atoms with E-state index in [0.717, 1.165) is 17.3 Å². The van der Waals surface area contributed by atoms with Gasteiger partial charge in [-0.3, -0.25) is 0 Å². The highest BCUT2D eigenvalue weighted by atomic mass is 19.4. The molecule has 0 aliphatic carbocycles. The van der Waals surface area contributed by atoms with E-state index in [4.69, 9.17) is 0 Å². The number of nitrogens with zero attached hydrogens (tertiary/aromatic N) is 2. The summed E-state index contributed by atoms with van der Waals surface area (Å²) in [5.41, 5.74) is 4.69. The van der Waals surface area contributed by atoms with E-state index >= 15 is 0 Å². The van der Waals surface area contributed by atoms with Crippen LogP contribution >= 0.6 is 0 Å². The molecular formula is C12H10F3N2. The van der Waals surface area contributed by atoms with Gasteiger partial charge in [-0.1, -0.05) is 23.8 Å². The molecule has 0 fully saturated rings. The van der Waals surface area contributed by atoms with E-state index in [1.54, 1.807) is 19.1 Å². The number of aryl methyl sites for hydroxylation is 2. The predicted molar refractivity (Wildman–Crippen MR) is 59.5 cm³/mol. The van der Waals surface area contributed by atoms with Crippen LogP contribution in [0, 0.1) is 13.8 Å². The zero-order valence-electron chi connectivity index (χ0n) is 9.34. The van der Waals surface area contributed by atoms with Crippen LogP contribution in [0.1, 0.15) is 16.7 Å². The largest absolute Gasteiger partial charge is 0.435 e. The van der Waals surface area contributed by atoms with Crippen molar-refractivity contribution in [1.82, 2.24) is 5.43 Å². The van der Waals surface area contributed by atoms with E-state index in [9.17, 15) is 13.2 Å². The summed E-state index contributed by atoms with van der Waals surface area (Å²) < 4.78 is 38.1. The lowest BCUT2D eigenvalue weighted by Gasteiger charge is -2.12. The van der Waals surface area contributed by atoms with Crippen molar-refractivity contribution in [3.05, 3.63) is 41.1 Å². The van der Waals surface area contributed by atoms with Crippen molar-refractivity contribution in [3.63, 3.8) is 0 Å². The second-order valence-electron chi connectivity index (χ2n) is 3.92. The van der Waals surface area contributed by atoms with Gasteiger partial charge in [0.05, 0.1) is 6.20 Å². The van der Waals surface area contributed by atoms with Gasteiger partial charge in [0.2, 0.25) is 0 Å². The van der Waals surface area contributed by atoms with E-state index in [-0.39, 0.29) is 5.57 Å². The van der Waals surface area contributed by atoms with Crippen LogP contribution in [-0.2, 0) is 0 Å². The van der Waals surface area contributed by atoms with Gasteiger partial charge >= 0.3 is 6.18 Å². The Morgan fingerprint density at radius 2 is 1.82 bits per heavy atom. The van der Waals surface area contributed by atoms with Gasteiger partial charge in [0.25, 0.3) is 0 Å². The summed E-state index contributed by atoms with van der Waals surface area (Å²) in [6.45, 7) is 3.60. The molecule has 0 bridgehead atoms.